The van der Waals surface area contributed by atoms with Gasteiger partial charge in [0.25, 0.3) is 0 Å². The molecular formula is C21H24ClN3O2S2. The van der Waals surface area contributed by atoms with Crippen LogP contribution in [0, 0.1) is 0 Å². The molecule has 0 aliphatic carbocycles. The van der Waals surface area contributed by atoms with E-state index in [-0.39, 0.29) is 5.91 Å². The Bertz CT molecular complexity index is 960. The van der Waals surface area contributed by atoms with Crippen LogP contribution in [0.5, 0.6) is 5.75 Å². The topological polar surface area (TPSA) is 45.7 Å². The first-order valence-electron chi connectivity index (χ1n) is 9.24. The summed E-state index contributed by atoms with van der Waals surface area (Å²) in [6.07, 6.45) is 0.878. The van der Waals surface area contributed by atoms with Crippen molar-refractivity contribution in [2.24, 2.45) is 0 Å². The monoisotopic (exact) mass is 449 g/mol. The Hall–Kier alpha value is -1.80. The van der Waals surface area contributed by atoms with E-state index in [0.29, 0.717) is 17.3 Å². The predicted molar refractivity (Wildman–Crippen MR) is 124 cm³/mol. The third-order valence-electron chi connectivity index (χ3n) is 4.28. The second-order valence-electron chi connectivity index (χ2n) is 6.77. The second kappa shape index (κ2) is 10.3. The third kappa shape index (κ3) is 6.09. The molecule has 0 aliphatic rings. The Morgan fingerprint density at radius 2 is 1.93 bits per heavy atom. The molecule has 0 saturated heterocycles. The molecule has 0 saturated carbocycles. The zero-order valence-corrected chi connectivity index (χ0v) is 19.1. The van der Waals surface area contributed by atoms with Gasteiger partial charge < -0.3 is 9.64 Å². The molecule has 1 heterocycles. The average molecular weight is 450 g/mol. The molecule has 0 bridgehead atoms. The number of anilines is 1. The standard InChI is InChI=1S/C21H24ClN3O2S2/c1-24(2)11-4-12-25(21-23-18-10-5-15(22)13-19(18)29-21)20(26)14-28-17-8-6-16(27-3)7-9-17/h5-10,13H,4,11-12,14H2,1-3H3. The first-order chi connectivity index (χ1) is 14.0. The minimum Gasteiger partial charge on any atom is -0.497 e. The highest BCUT2D eigenvalue weighted by Gasteiger charge is 2.20. The zero-order valence-electron chi connectivity index (χ0n) is 16.7. The van der Waals surface area contributed by atoms with Crippen LogP contribution >= 0.6 is 34.7 Å². The molecule has 0 atom stereocenters. The van der Waals surface area contributed by atoms with Gasteiger partial charge in [-0.05, 0) is 69.5 Å². The van der Waals surface area contributed by atoms with Gasteiger partial charge in [-0.1, -0.05) is 22.9 Å². The molecule has 8 heteroatoms. The van der Waals surface area contributed by atoms with Gasteiger partial charge >= 0.3 is 0 Å². The van der Waals surface area contributed by atoms with Crippen molar-refractivity contribution in [3.8, 4) is 5.75 Å². The highest BCUT2D eigenvalue weighted by atomic mass is 35.5. The fourth-order valence-corrected chi connectivity index (χ4v) is 4.83. The van der Waals surface area contributed by atoms with E-state index in [4.69, 9.17) is 16.3 Å². The normalized spacial score (nSPS) is 11.2. The summed E-state index contributed by atoms with van der Waals surface area (Å²) in [5.41, 5.74) is 0.864. The maximum Gasteiger partial charge on any atom is 0.239 e. The lowest BCUT2D eigenvalue weighted by atomic mass is 10.3. The van der Waals surface area contributed by atoms with Gasteiger partial charge in [0.05, 0.1) is 23.1 Å². The molecule has 0 radical (unpaired) electrons. The summed E-state index contributed by atoms with van der Waals surface area (Å²) in [5, 5.41) is 1.40. The van der Waals surface area contributed by atoms with Crippen molar-refractivity contribution in [2.45, 2.75) is 11.3 Å². The maximum absolute atomic E-state index is 13.1. The van der Waals surface area contributed by atoms with E-state index in [1.807, 2.05) is 56.6 Å². The molecule has 5 nitrogen and oxygen atoms in total. The second-order valence-corrected chi connectivity index (χ2v) is 9.27. The lowest BCUT2D eigenvalue weighted by Gasteiger charge is -2.21. The summed E-state index contributed by atoms with van der Waals surface area (Å²) in [4.78, 5) is 22.7. The number of ether oxygens (including phenoxy) is 1. The Balaban J connectivity index is 1.74. The third-order valence-corrected chi connectivity index (χ3v) is 6.55. The van der Waals surface area contributed by atoms with Gasteiger partial charge in [0.15, 0.2) is 5.13 Å². The zero-order chi connectivity index (χ0) is 20.8. The van der Waals surface area contributed by atoms with Crippen LogP contribution in [0.3, 0.4) is 0 Å². The number of fused-ring (bicyclic) bond motifs is 1. The number of hydrogen-bond donors (Lipinski definition) is 0. The fraction of sp³-hybridized carbons (Fsp3) is 0.333. The highest BCUT2D eigenvalue weighted by molar-refractivity contribution is 8.00. The van der Waals surface area contributed by atoms with Crippen LogP contribution in [0.15, 0.2) is 47.4 Å². The number of carbonyl (C=O) groups excluding carboxylic acids is 1. The van der Waals surface area contributed by atoms with E-state index in [1.165, 1.54) is 23.1 Å². The predicted octanol–water partition coefficient (Wildman–Crippen LogP) is 5.04. The molecule has 2 aromatic carbocycles. The highest BCUT2D eigenvalue weighted by Crippen LogP contribution is 2.31. The Morgan fingerprint density at radius 1 is 1.17 bits per heavy atom. The number of hydrogen-bond acceptors (Lipinski definition) is 6. The number of carbonyl (C=O) groups is 1. The van der Waals surface area contributed by atoms with Crippen molar-refractivity contribution in [1.82, 2.24) is 9.88 Å². The lowest BCUT2D eigenvalue weighted by molar-refractivity contribution is -0.116. The number of thioether (sulfide) groups is 1. The number of thiazole rings is 1. The van der Waals surface area contributed by atoms with E-state index in [1.54, 1.807) is 12.0 Å². The molecule has 0 N–H and O–H groups in total. The molecule has 3 rings (SSSR count). The summed E-state index contributed by atoms with van der Waals surface area (Å²) in [7, 11) is 5.71. The van der Waals surface area contributed by atoms with E-state index in [0.717, 1.165) is 39.0 Å². The van der Waals surface area contributed by atoms with Crippen LogP contribution < -0.4 is 9.64 Å². The molecule has 29 heavy (non-hydrogen) atoms. The molecule has 0 aliphatic heterocycles. The smallest absolute Gasteiger partial charge is 0.239 e. The Labute approximate surface area is 184 Å². The minimum atomic E-state index is 0.0507. The fourth-order valence-electron chi connectivity index (χ4n) is 2.77. The van der Waals surface area contributed by atoms with E-state index in [9.17, 15) is 4.79 Å². The molecule has 1 amide bonds. The van der Waals surface area contributed by atoms with Gasteiger partial charge in [0, 0.05) is 16.5 Å². The number of methoxy groups -OCH3 is 1. The molecule has 0 unspecified atom stereocenters. The van der Waals surface area contributed by atoms with Gasteiger partial charge in [-0.15, -0.1) is 11.8 Å². The van der Waals surface area contributed by atoms with Crippen LogP contribution in [0.2, 0.25) is 5.02 Å². The molecule has 3 aromatic rings. The quantitative estimate of drug-likeness (QED) is 0.428. The Morgan fingerprint density at radius 3 is 2.62 bits per heavy atom. The van der Waals surface area contributed by atoms with Crippen molar-refractivity contribution in [2.75, 3.05) is 44.9 Å². The minimum absolute atomic E-state index is 0.0507. The molecule has 1 aromatic heterocycles. The number of benzene rings is 2. The van der Waals surface area contributed by atoms with Crippen LogP contribution in [0.4, 0.5) is 5.13 Å². The van der Waals surface area contributed by atoms with Crippen molar-refractivity contribution in [3.63, 3.8) is 0 Å². The van der Waals surface area contributed by atoms with Gasteiger partial charge in [0.2, 0.25) is 5.91 Å². The van der Waals surface area contributed by atoms with Crippen molar-refractivity contribution < 1.29 is 9.53 Å². The van der Waals surface area contributed by atoms with Crippen LogP contribution in [0.1, 0.15) is 6.42 Å². The van der Waals surface area contributed by atoms with E-state index >= 15 is 0 Å². The van der Waals surface area contributed by atoms with Crippen molar-refractivity contribution in [3.05, 3.63) is 47.5 Å². The first kappa shape index (κ1) is 21.9. The average Bonchev–Trinajstić information content (AvgIpc) is 3.12. The molecule has 0 spiro atoms. The Kier molecular flexibility index (Phi) is 7.77. The van der Waals surface area contributed by atoms with Gasteiger partial charge in [-0.2, -0.15) is 0 Å². The first-order valence-corrected chi connectivity index (χ1v) is 11.4. The summed E-state index contributed by atoms with van der Waals surface area (Å²) >= 11 is 9.13. The number of halogens is 1. The van der Waals surface area contributed by atoms with Crippen LogP contribution in [0.25, 0.3) is 10.2 Å². The summed E-state index contributed by atoms with van der Waals surface area (Å²) in [6.45, 7) is 1.54. The van der Waals surface area contributed by atoms with Gasteiger partial charge in [0.1, 0.15) is 5.75 Å². The molecule has 154 valence electrons. The van der Waals surface area contributed by atoms with E-state index in [2.05, 4.69) is 9.88 Å². The van der Waals surface area contributed by atoms with Crippen LogP contribution in [-0.4, -0.2) is 55.8 Å². The number of amides is 1. The lowest BCUT2D eigenvalue weighted by Crippen LogP contribution is -2.34. The van der Waals surface area contributed by atoms with Crippen LogP contribution in [-0.2, 0) is 4.79 Å². The number of aromatic nitrogens is 1. The maximum atomic E-state index is 13.1. The summed E-state index contributed by atoms with van der Waals surface area (Å²) in [5.74, 6) is 1.21. The van der Waals surface area contributed by atoms with Crippen molar-refractivity contribution in [1.29, 1.82) is 0 Å². The summed E-state index contributed by atoms with van der Waals surface area (Å²) in [6, 6.07) is 13.3. The number of rotatable bonds is 9. The summed E-state index contributed by atoms with van der Waals surface area (Å²) < 4.78 is 6.17. The van der Waals surface area contributed by atoms with Gasteiger partial charge in [-0.3, -0.25) is 9.69 Å². The number of nitrogens with zero attached hydrogens (tertiary/aromatic N) is 3. The van der Waals surface area contributed by atoms with Gasteiger partial charge in [-0.25, -0.2) is 4.98 Å². The molecular weight excluding hydrogens is 426 g/mol. The largest absolute Gasteiger partial charge is 0.497 e. The van der Waals surface area contributed by atoms with Crippen molar-refractivity contribution >= 4 is 56.0 Å². The molecule has 0 fully saturated rings. The van der Waals surface area contributed by atoms with E-state index < -0.39 is 0 Å². The SMILES string of the molecule is COc1ccc(SCC(=O)N(CCCN(C)C)c2nc3ccc(Cl)cc3s2)cc1.